The highest BCUT2D eigenvalue weighted by Gasteiger charge is 2.12. The lowest BCUT2D eigenvalue weighted by atomic mass is 10.4. The smallest absolute Gasteiger partial charge is 0.170 e. The fourth-order valence-electron chi connectivity index (χ4n) is 1.90. The van der Waals surface area contributed by atoms with Gasteiger partial charge in [0.05, 0.1) is 17.3 Å². The van der Waals surface area contributed by atoms with Crippen molar-refractivity contribution >= 4 is 40.1 Å². The van der Waals surface area contributed by atoms with Gasteiger partial charge in [-0.2, -0.15) is 9.47 Å². The van der Waals surface area contributed by atoms with Gasteiger partial charge in [0.2, 0.25) is 0 Å². The van der Waals surface area contributed by atoms with Crippen molar-refractivity contribution in [2.75, 3.05) is 11.9 Å². The Morgan fingerprint density at radius 1 is 1.33 bits per heavy atom. The first kappa shape index (κ1) is 14.2. The van der Waals surface area contributed by atoms with Gasteiger partial charge < -0.3 is 5.32 Å². The van der Waals surface area contributed by atoms with Crippen LogP contribution in [0.1, 0.15) is 18.6 Å². The predicted octanol–water partition coefficient (Wildman–Crippen LogP) is 2.25. The van der Waals surface area contributed by atoms with E-state index in [0.717, 1.165) is 39.4 Å². The van der Waals surface area contributed by atoms with Crippen LogP contribution in [0.3, 0.4) is 0 Å². The third kappa shape index (κ3) is 2.98. The molecule has 0 aliphatic carbocycles. The molecule has 0 spiro atoms. The number of nitrogens with one attached hydrogen (secondary N) is 1. The van der Waals surface area contributed by atoms with Crippen LogP contribution < -0.4 is 5.32 Å². The molecule has 0 fully saturated rings. The van der Waals surface area contributed by atoms with Gasteiger partial charge in [-0.3, -0.25) is 4.68 Å². The second-order valence-electron chi connectivity index (χ2n) is 4.42. The lowest BCUT2D eigenvalue weighted by Crippen LogP contribution is -2.05. The normalized spacial score (nSPS) is 11.2. The highest BCUT2D eigenvalue weighted by Crippen LogP contribution is 2.25. The third-order valence-corrected chi connectivity index (χ3v) is 4.74. The zero-order valence-corrected chi connectivity index (χ0v) is 13.6. The Morgan fingerprint density at radius 2 is 2.19 bits per heavy atom. The minimum atomic E-state index is 0.661. The molecule has 0 bridgehead atoms. The van der Waals surface area contributed by atoms with Gasteiger partial charge in [-0.15, -0.1) is 0 Å². The van der Waals surface area contributed by atoms with Crippen LogP contribution in [0.15, 0.2) is 10.5 Å². The number of rotatable bonds is 5. The molecule has 0 amide bonds. The van der Waals surface area contributed by atoms with Gasteiger partial charge in [-0.1, -0.05) is 11.8 Å². The largest absolute Gasteiger partial charge is 0.370 e. The van der Waals surface area contributed by atoms with Crippen LogP contribution in [0, 0.1) is 6.92 Å². The summed E-state index contributed by atoms with van der Waals surface area (Å²) in [7, 11) is 1.89. The van der Waals surface area contributed by atoms with E-state index in [9.17, 15) is 0 Å². The second kappa shape index (κ2) is 5.94. The number of aryl methyl sites for hydroxylation is 2. The van der Waals surface area contributed by atoms with E-state index in [4.69, 9.17) is 0 Å². The van der Waals surface area contributed by atoms with Crippen LogP contribution in [0.5, 0.6) is 0 Å². The van der Waals surface area contributed by atoms with Crippen molar-refractivity contribution in [3.05, 3.63) is 17.8 Å². The van der Waals surface area contributed by atoms with Crippen molar-refractivity contribution in [2.45, 2.75) is 23.9 Å². The Balaban J connectivity index is 1.89. The van der Waals surface area contributed by atoms with Gasteiger partial charge in [0.15, 0.2) is 9.99 Å². The van der Waals surface area contributed by atoms with Gasteiger partial charge in [0, 0.05) is 13.6 Å². The molecule has 3 aromatic heterocycles. The van der Waals surface area contributed by atoms with Crippen molar-refractivity contribution in [1.29, 1.82) is 0 Å². The van der Waals surface area contributed by atoms with E-state index in [1.165, 1.54) is 11.5 Å². The number of fused-ring (bicyclic) bond motifs is 1. The van der Waals surface area contributed by atoms with E-state index in [-0.39, 0.29) is 0 Å². The third-order valence-electron chi connectivity index (χ3n) is 2.82. The molecule has 7 nitrogen and oxygen atoms in total. The fraction of sp³-hybridized carbons (Fsp3) is 0.417. The molecule has 21 heavy (non-hydrogen) atoms. The summed E-state index contributed by atoms with van der Waals surface area (Å²) in [4.78, 5) is 13.5. The molecule has 1 N–H and O–H groups in total. The minimum Gasteiger partial charge on any atom is -0.370 e. The summed E-state index contributed by atoms with van der Waals surface area (Å²) in [6.45, 7) is 4.74. The summed E-state index contributed by atoms with van der Waals surface area (Å²) in [5.41, 5.74) is 0.838. The molecular weight excluding hydrogens is 306 g/mol. The van der Waals surface area contributed by atoms with E-state index in [0.29, 0.717) is 5.75 Å². The number of anilines is 1. The van der Waals surface area contributed by atoms with Crippen molar-refractivity contribution in [3.63, 3.8) is 0 Å². The molecule has 0 unspecified atom stereocenters. The summed E-state index contributed by atoms with van der Waals surface area (Å²) >= 11 is 3.01. The zero-order chi connectivity index (χ0) is 14.8. The van der Waals surface area contributed by atoms with Gasteiger partial charge in [0.25, 0.3) is 0 Å². The monoisotopic (exact) mass is 321 g/mol. The average Bonchev–Trinajstić information content (AvgIpc) is 3.04. The molecule has 3 rings (SSSR count). The van der Waals surface area contributed by atoms with Gasteiger partial charge in [-0.05, 0) is 25.4 Å². The van der Waals surface area contributed by atoms with E-state index >= 15 is 0 Å². The Labute approximate surface area is 130 Å². The first-order valence-electron chi connectivity index (χ1n) is 6.53. The van der Waals surface area contributed by atoms with Crippen LogP contribution in [-0.4, -0.2) is 35.7 Å². The zero-order valence-electron chi connectivity index (χ0n) is 12.0. The van der Waals surface area contributed by atoms with Crippen LogP contribution >= 0.6 is 23.3 Å². The topological polar surface area (TPSA) is 81.4 Å². The molecule has 0 radical (unpaired) electrons. The van der Waals surface area contributed by atoms with Crippen molar-refractivity contribution < 1.29 is 0 Å². The SMILES string of the molecule is CCNc1nc(CSc2nc(C)ns2)nc2c1cnn2C. The molecule has 3 heterocycles. The molecule has 0 atom stereocenters. The maximum Gasteiger partial charge on any atom is 0.170 e. The van der Waals surface area contributed by atoms with E-state index < -0.39 is 0 Å². The number of hydrogen-bond donors (Lipinski definition) is 1. The highest BCUT2D eigenvalue weighted by atomic mass is 32.2. The molecule has 9 heteroatoms. The van der Waals surface area contributed by atoms with E-state index in [1.807, 2.05) is 20.9 Å². The van der Waals surface area contributed by atoms with Crippen molar-refractivity contribution in [2.24, 2.45) is 7.05 Å². The Kier molecular flexibility index (Phi) is 4.02. The number of hydrogen-bond acceptors (Lipinski definition) is 8. The van der Waals surface area contributed by atoms with Crippen LogP contribution in [0.2, 0.25) is 0 Å². The van der Waals surface area contributed by atoms with Crippen molar-refractivity contribution in [1.82, 2.24) is 29.1 Å². The van der Waals surface area contributed by atoms with Crippen molar-refractivity contribution in [3.8, 4) is 0 Å². The van der Waals surface area contributed by atoms with Crippen LogP contribution in [0.4, 0.5) is 5.82 Å². The highest BCUT2D eigenvalue weighted by molar-refractivity contribution is 8.00. The molecule has 0 aliphatic heterocycles. The molecule has 0 saturated heterocycles. The van der Waals surface area contributed by atoms with Gasteiger partial charge >= 0.3 is 0 Å². The first-order valence-corrected chi connectivity index (χ1v) is 8.29. The second-order valence-corrected chi connectivity index (χ2v) is 6.39. The molecule has 0 aromatic carbocycles. The first-order chi connectivity index (χ1) is 10.2. The molecule has 110 valence electrons. The van der Waals surface area contributed by atoms with Crippen LogP contribution in [0.25, 0.3) is 11.0 Å². The minimum absolute atomic E-state index is 0.661. The number of nitrogens with zero attached hydrogens (tertiary/aromatic N) is 6. The lowest BCUT2D eigenvalue weighted by Gasteiger charge is -2.06. The Morgan fingerprint density at radius 3 is 2.90 bits per heavy atom. The lowest BCUT2D eigenvalue weighted by molar-refractivity contribution is 0.782. The van der Waals surface area contributed by atoms with E-state index in [2.05, 4.69) is 29.7 Å². The number of aromatic nitrogens is 6. The number of thioether (sulfide) groups is 1. The quantitative estimate of drug-likeness (QED) is 0.722. The summed E-state index contributed by atoms with van der Waals surface area (Å²) in [6, 6.07) is 0. The average molecular weight is 321 g/mol. The summed E-state index contributed by atoms with van der Waals surface area (Å²) in [6.07, 6.45) is 1.79. The predicted molar refractivity (Wildman–Crippen MR) is 84.7 cm³/mol. The molecule has 0 saturated carbocycles. The molecule has 0 aliphatic rings. The maximum absolute atomic E-state index is 4.59. The summed E-state index contributed by atoms with van der Waals surface area (Å²) in [5.74, 6) is 3.06. The Hall–Kier alpha value is -1.74. The fourth-order valence-corrected chi connectivity index (χ4v) is 3.40. The summed E-state index contributed by atoms with van der Waals surface area (Å²) in [5, 5.41) is 8.46. The maximum atomic E-state index is 4.59. The summed E-state index contributed by atoms with van der Waals surface area (Å²) < 4.78 is 6.88. The van der Waals surface area contributed by atoms with Gasteiger partial charge in [0.1, 0.15) is 17.5 Å². The standard InChI is InChI=1S/C12H15N7S2/c1-4-13-10-8-5-14-19(3)11(8)17-9(16-10)6-20-12-15-7(2)18-21-12/h5H,4,6H2,1-3H3,(H,13,16,17). The van der Waals surface area contributed by atoms with Crippen LogP contribution in [-0.2, 0) is 12.8 Å². The van der Waals surface area contributed by atoms with Gasteiger partial charge in [-0.25, -0.2) is 15.0 Å². The molecule has 3 aromatic rings. The van der Waals surface area contributed by atoms with E-state index in [1.54, 1.807) is 22.6 Å². The Bertz CT molecular complexity index is 764. The molecular formula is C12H15N7S2.